The van der Waals surface area contributed by atoms with E-state index in [4.69, 9.17) is 9.26 Å². The van der Waals surface area contributed by atoms with Gasteiger partial charge in [0.25, 0.3) is 0 Å². The normalized spacial score (nSPS) is 26.6. The minimum absolute atomic E-state index is 0.0122. The van der Waals surface area contributed by atoms with E-state index in [0.717, 1.165) is 6.42 Å². The van der Waals surface area contributed by atoms with Crippen molar-refractivity contribution in [2.24, 2.45) is 11.8 Å². The summed E-state index contributed by atoms with van der Waals surface area (Å²) in [5.74, 6) is 0.417. The van der Waals surface area contributed by atoms with E-state index in [1.54, 1.807) is 4.90 Å². The Bertz CT molecular complexity index is 645. The highest BCUT2D eigenvalue weighted by Gasteiger charge is 2.47. The summed E-state index contributed by atoms with van der Waals surface area (Å²) in [6.45, 7) is 8.21. The number of carbonyl (C=O) groups excluding carboxylic acids is 1. The van der Waals surface area contributed by atoms with Gasteiger partial charge in [0.05, 0.1) is 6.54 Å². The summed E-state index contributed by atoms with van der Waals surface area (Å²) in [5.41, 5.74) is -0.199. The van der Waals surface area contributed by atoms with E-state index in [-0.39, 0.29) is 18.2 Å². The largest absolute Gasteiger partial charge is 0.476 e. The molecule has 1 aliphatic carbocycles. The minimum Gasteiger partial charge on any atom is -0.476 e. The molecule has 0 bridgehead atoms. The number of aromatic carboxylic acids is 1. The summed E-state index contributed by atoms with van der Waals surface area (Å²) < 4.78 is 10.8. The topological polar surface area (TPSA) is 92.9 Å². The SMILES string of the molecule is CC1C[C@@H]1C1CN(C(=O)OC(C)(C)C)Cc2c(C(=O)O)noc21. The number of ether oxygens (including phenoxy) is 1. The van der Waals surface area contributed by atoms with Crippen LogP contribution in [0.1, 0.15) is 61.8 Å². The molecule has 1 aliphatic heterocycles. The van der Waals surface area contributed by atoms with Crippen molar-refractivity contribution in [1.29, 1.82) is 0 Å². The molecule has 3 rings (SSSR count). The van der Waals surface area contributed by atoms with Crippen molar-refractivity contribution in [2.45, 2.75) is 52.2 Å². The number of carbonyl (C=O) groups is 2. The van der Waals surface area contributed by atoms with Crippen molar-refractivity contribution in [2.75, 3.05) is 6.54 Å². The fraction of sp³-hybridized carbons (Fsp3) is 0.688. The lowest BCUT2D eigenvalue weighted by Crippen LogP contribution is -2.42. The molecule has 23 heavy (non-hydrogen) atoms. The number of rotatable bonds is 2. The second-order valence-electron chi connectivity index (χ2n) is 7.52. The summed E-state index contributed by atoms with van der Waals surface area (Å²) in [5, 5.41) is 13.0. The summed E-state index contributed by atoms with van der Waals surface area (Å²) in [6.07, 6.45) is 0.619. The van der Waals surface area contributed by atoms with E-state index < -0.39 is 17.7 Å². The summed E-state index contributed by atoms with van der Waals surface area (Å²) >= 11 is 0. The van der Waals surface area contributed by atoms with E-state index >= 15 is 0 Å². The van der Waals surface area contributed by atoms with Gasteiger partial charge in [-0.05, 0) is 39.0 Å². The van der Waals surface area contributed by atoms with Gasteiger partial charge in [-0.3, -0.25) is 0 Å². The van der Waals surface area contributed by atoms with Gasteiger partial charge in [0.1, 0.15) is 11.4 Å². The van der Waals surface area contributed by atoms with Crippen molar-refractivity contribution in [1.82, 2.24) is 10.1 Å². The number of fused-ring (bicyclic) bond motifs is 1. The smallest absolute Gasteiger partial charge is 0.410 e. The summed E-state index contributed by atoms with van der Waals surface area (Å²) in [7, 11) is 0. The lowest BCUT2D eigenvalue weighted by Gasteiger charge is -2.33. The monoisotopic (exact) mass is 322 g/mol. The predicted octanol–water partition coefficient (Wildman–Crippen LogP) is 2.86. The Hall–Kier alpha value is -2.05. The number of nitrogens with zero attached hydrogens (tertiary/aromatic N) is 2. The highest BCUT2D eigenvalue weighted by Crippen LogP contribution is 2.51. The molecule has 0 radical (unpaired) electrons. The van der Waals surface area contributed by atoms with Crippen LogP contribution < -0.4 is 0 Å². The number of hydrogen-bond acceptors (Lipinski definition) is 5. The molecule has 3 atom stereocenters. The Morgan fingerprint density at radius 1 is 1.39 bits per heavy atom. The molecule has 0 aromatic carbocycles. The third-order valence-corrected chi connectivity index (χ3v) is 4.46. The van der Waals surface area contributed by atoms with Gasteiger partial charge >= 0.3 is 12.1 Å². The van der Waals surface area contributed by atoms with Gasteiger partial charge < -0.3 is 19.3 Å². The molecule has 1 aromatic rings. The van der Waals surface area contributed by atoms with Crippen molar-refractivity contribution in [3.05, 3.63) is 17.0 Å². The quantitative estimate of drug-likeness (QED) is 0.900. The second kappa shape index (κ2) is 5.25. The number of carboxylic acid groups (broad SMARTS) is 1. The van der Waals surface area contributed by atoms with E-state index in [2.05, 4.69) is 12.1 Å². The molecule has 1 N–H and O–H groups in total. The predicted molar refractivity (Wildman–Crippen MR) is 80.1 cm³/mol. The third kappa shape index (κ3) is 3.04. The Balaban J connectivity index is 1.90. The highest BCUT2D eigenvalue weighted by molar-refractivity contribution is 5.87. The second-order valence-corrected chi connectivity index (χ2v) is 7.52. The van der Waals surface area contributed by atoms with E-state index in [1.165, 1.54) is 0 Å². The molecule has 2 heterocycles. The maximum atomic E-state index is 12.4. The molecule has 7 nitrogen and oxygen atoms in total. The van der Waals surface area contributed by atoms with Crippen LogP contribution in [-0.2, 0) is 11.3 Å². The molecule has 0 spiro atoms. The minimum atomic E-state index is -1.14. The van der Waals surface area contributed by atoms with Crippen LogP contribution in [-0.4, -0.2) is 39.4 Å². The zero-order valence-corrected chi connectivity index (χ0v) is 13.8. The average molecular weight is 322 g/mol. The van der Waals surface area contributed by atoms with Crippen molar-refractivity contribution >= 4 is 12.1 Å². The number of carboxylic acids is 1. The molecule has 1 fully saturated rings. The fourth-order valence-corrected chi connectivity index (χ4v) is 3.22. The van der Waals surface area contributed by atoms with Crippen LogP contribution in [0.2, 0.25) is 0 Å². The van der Waals surface area contributed by atoms with Gasteiger partial charge in [-0.2, -0.15) is 0 Å². The van der Waals surface area contributed by atoms with Gasteiger partial charge in [-0.1, -0.05) is 12.1 Å². The molecule has 126 valence electrons. The molecule has 2 unspecified atom stereocenters. The fourth-order valence-electron chi connectivity index (χ4n) is 3.22. The molecule has 2 aliphatic rings. The third-order valence-electron chi connectivity index (χ3n) is 4.46. The van der Waals surface area contributed by atoms with Gasteiger partial charge in [0.2, 0.25) is 0 Å². The first-order valence-corrected chi connectivity index (χ1v) is 7.87. The van der Waals surface area contributed by atoms with Gasteiger partial charge in [0, 0.05) is 18.0 Å². The van der Waals surface area contributed by atoms with Crippen LogP contribution in [0, 0.1) is 11.8 Å². The Kier molecular flexibility index (Phi) is 3.61. The van der Waals surface area contributed by atoms with Crippen LogP contribution in [0.25, 0.3) is 0 Å². The molecule has 1 amide bonds. The van der Waals surface area contributed by atoms with Crippen LogP contribution in [0.4, 0.5) is 4.79 Å². The lowest BCUT2D eigenvalue weighted by atomic mass is 9.91. The van der Waals surface area contributed by atoms with Crippen molar-refractivity contribution in [3.8, 4) is 0 Å². The van der Waals surface area contributed by atoms with Crippen LogP contribution in [0.3, 0.4) is 0 Å². The maximum absolute atomic E-state index is 12.4. The first-order chi connectivity index (χ1) is 10.7. The molecule has 0 saturated heterocycles. The molecule has 7 heteroatoms. The number of aromatic nitrogens is 1. The van der Waals surface area contributed by atoms with Gasteiger partial charge in [-0.25, -0.2) is 9.59 Å². The van der Waals surface area contributed by atoms with E-state index in [0.29, 0.717) is 29.7 Å². The Morgan fingerprint density at radius 2 is 2.04 bits per heavy atom. The average Bonchev–Trinajstić information content (AvgIpc) is 2.98. The standard InChI is InChI=1S/C16H22N2O5/c1-8-5-9(8)10-6-18(15(21)22-16(2,3)4)7-11-12(14(19)20)17-23-13(10)11/h8-10H,5-7H2,1-4H3,(H,19,20)/t8?,9-,10?/m0/s1. The zero-order valence-electron chi connectivity index (χ0n) is 13.8. The van der Waals surface area contributed by atoms with E-state index in [9.17, 15) is 14.7 Å². The Labute approximate surface area is 134 Å². The summed E-state index contributed by atoms with van der Waals surface area (Å²) in [6, 6.07) is 0. The molecule has 1 aromatic heterocycles. The number of amides is 1. The van der Waals surface area contributed by atoms with Gasteiger partial charge in [-0.15, -0.1) is 0 Å². The number of hydrogen-bond donors (Lipinski definition) is 1. The van der Waals surface area contributed by atoms with Crippen molar-refractivity contribution < 1.29 is 24.0 Å². The maximum Gasteiger partial charge on any atom is 0.410 e. The molecular weight excluding hydrogens is 300 g/mol. The summed E-state index contributed by atoms with van der Waals surface area (Å²) in [4.78, 5) is 25.3. The molecule has 1 saturated carbocycles. The lowest BCUT2D eigenvalue weighted by molar-refractivity contribution is 0.0187. The Morgan fingerprint density at radius 3 is 2.57 bits per heavy atom. The first-order valence-electron chi connectivity index (χ1n) is 7.87. The van der Waals surface area contributed by atoms with Crippen LogP contribution in [0.15, 0.2) is 4.52 Å². The van der Waals surface area contributed by atoms with E-state index in [1.807, 2.05) is 20.8 Å². The molecular formula is C16H22N2O5. The highest BCUT2D eigenvalue weighted by atomic mass is 16.6. The first kappa shape index (κ1) is 15.8. The van der Waals surface area contributed by atoms with Gasteiger partial charge in [0.15, 0.2) is 5.69 Å². The van der Waals surface area contributed by atoms with Crippen molar-refractivity contribution in [3.63, 3.8) is 0 Å². The zero-order chi connectivity index (χ0) is 16.9. The van der Waals surface area contributed by atoms with Crippen LogP contribution >= 0.6 is 0 Å². The van der Waals surface area contributed by atoms with Crippen LogP contribution in [0.5, 0.6) is 0 Å².